The van der Waals surface area contributed by atoms with E-state index in [2.05, 4.69) is 23.2 Å². The van der Waals surface area contributed by atoms with Gasteiger partial charge in [0.05, 0.1) is 15.6 Å². The number of aromatic nitrogens is 1. The Morgan fingerprint density at radius 3 is 2.94 bits per heavy atom. The number of benzene rings is 1. The number of thiazole rings is 1. The average molecular weight is 260 g/mol. The molecule has 1 aromatic heterocycles. The van der Waals surface area contributed by atoms with Crippen molar-refractivity contribution >= 4 is 11.3 Å². The summed E-state index contributed by atoms with van der Waals surface area (Å²) in [5.74, 6) is 1.000. The van der Waals surface area contributed by atoms with E-state index in [0.29, 0.717) is 6.54 Å². The first kappa shape index (κ1) is 11.7. The molecule has 1 aliphatic rings. The van der Waals surface area contributed by atoms with Crippen LogP contribution in [-0.4, -0.2) is 17.6 Å². The Kier molecular flexibility index (Phi) is 2.84. The van der Waals surface area contributed by atoms with Gasteiger partial charge in [0.25, 0.3) is 0 Å². The summed E-state index contributed by atoms with van der Waals surface area (Å²) < 4.78 is 5.96. The summed E-state index contributed by atoms with van der Waals surface area (Å²) >= 11 is 1.72. The Morgan fingerprint density at radius 1 is 1.44 bits per heavy atom. The zero-order valence-electron chi connectivity index (χ0n) is 10.6. The Bertz CT molecular complexity index is 591. The van der Waals surface area contributed by atoms with E-state index in [-0.39, 0.29) is 6.10 Å². The molecule has 3 rings (SSSR count). The van der Waals surface area contributed by atoms with Crippen molar-refractivity contribution in [2.45, 2.75) is 26.4 Å². The van der Waals surface area contributed by atoms with Crippen molar-refractivity contribution in [2.24, 2.45) is 5.73 Å². The Hall–Kier alpha value is -1.39. The predicted octanol–water partition coefficient (Wildman–Crippen LogP) is 2.69. The number of rotatable bonds is 2. The molecule has 0 fully saturated rings. The van der Waals surface area contributed by atoms with E-state index in [1.54, 1.807) is 11.3 Å². The number of para-hydroxylation sites is 1. The number of nitrogens with zero attached hydrogens (tertiary/aromatic N) is 1. The van der Waals surface area contributed by atoms with Gasteiger partial charge >= 0.3 is 0 Å². The number of hydrogen-bond donors (Lipinski definition) is 1. The van der Waals surface area contributed by atoms with E-state index in [0.717, 1.165) is 28.4 Å². The van der Waals surface area contributed by atoms with Crippen molar-refractivity contribution in [3.8, 4) is 16.2 Å². The van der Waals surface area contributed by atoms with Crippen LogP contribution < -0.4 is 10.5 Å². The monoisotopic (exact) mass is 260 g/mol. The molecule has 0 aliphatic carbocycles. The maximum absolute atomic E-state index is 5.96. The van der Waals surface area contributed by atoms with E-state index in [1.807, 2.05) is 13.8 Å². The fourth-order valence-electron chi connectivity index (χ4n) is 2.43. The second kappa shape index (κ2) is 4.37. The average Bonchev–Trinajstić information content (AvgIpc) is 2.91. The molecule has 0 saturated carbocycles. The van der Waals surface area contributed by atoms with Gasteiger partial charge < -0.3 is 10.5 Å². The molecule has 2 N–H and O–H groups in total. The third-order valence-corrected chi connectivity index (χ3v) is 4.35. The minimum absolute atomic E-state index is 0.121. The molecule has 4 heteroatoms. The van der Waals surface area contributed by atoms with Crippen LogP contribution in [0, 0.1) is 13.8 Å². The quantitative estimate of drug-likeness (QED) is 0.903. The summed E-state index contributed by atoms with van der Waals surface area (Å²) in [7, 11) is 0. The standard InChI is InChI=1S/C14H16N2OS/c1-8-14(18-9(2)16-8)12-5-3-4-10-6-11(7-15)17-13(10)12/h3-5,11H,6-7,15H2,1-2H3. The molecule has 1 aliphatic heterocycles. The first-order valence-electron chi connectivity index (χ1n) is 6.12. The molecule has 0 spiro atoms. The van der Waals surface area contributed by atoms with E-state index in [1.165, 1.54) is 10.4 Å². The summed E-state index contributed by atoms with van der Waals surface area (Å²) in [6.07, 6.45) is 1.03. The molecule has 1 atom stereocenters. The van der Waals surface area contributed by atoms with Crippen molar-refractivity contribution < 1.29 is 4.74 Å². The van der Waals surface area contributed by atoms with Gasteiger partial charge in [-0.25, -0.2) is 4.98 Å². The Balaban J connectivity index is 2.10. The maximum atomic E-state index is 5.96. The molecule has 0 amide bonds. The summed E-state index contributed by atoms with van der Waals surface area (Å²) in [6, 6.07) is 6.32. The second-order valence-electron chi connectivity index (χ2n) is 4.62. The fourth-order valence-corrected chi connectivity index (χ4v) is 3.37. The largest absolute Gasteiger partial charge is 0.488 e. The third-order valence-electron chi connectivity index (χ3n) is 3.24. The molecular formula is C14H16N2OS. The molecule has 2 aromatic rings. The molecule has 0 bridgehead atoms. The van der Waals surface area contributed by atoms with Crippen LogP contribution in [0.1, 0.15) is 16.3 Å². The van der Waals surface area contributed by atoms with Crippen LogP contribution in [0.5, 0.6) is 5.75 Å². The van der Waals surface area contributed by atoms with Gasteiger partial charge in [-0.05, 0) is 25.5 Å². The minimum atomic E-state index is 0.121. The predicted molar refractivity (Wildman–Crippen MR) is 74.2 cm³/mol. The topological polar surface area (TPSA) is 48.1 Å². The molecule has 0 radical (unpaired) electrons. The SMILES string of the molecule is Cc1nc(C)c(-c2cccc3c2OC(CN)C3)s1. The van der Waals surface area contributed by atoms with Gasteiger partial charge in [0, 0.05) is 18.5 Å². The minimum Gasteiger partial charge on any atom is -0.488 e. The van der Waals surface area contributed by atoms with Gasteiger partial charge in [0.15, 0.2) is 0 Å². The van der Waals surface area contributed by atoms with E-state index in [4.69, 9.17) is 10.5 Å². The van der Waals surface area contributed by atoms with Crippen LogP contribution in [0.2, 0.25) is 0 Å². The lowest BCUT2D eigenvalue weighted by Gasteiger charge is -2.09. The Morgan fingerprint density at radius 2 is 2.28 bits per heavy atom. The highest BCUT2D eigenvalue weighted by molar-refractivity contribution is 7.15. The van der Waals surface area contributed by atoms with Gasteiger partial charge in [-0.3, -0.25) is 0 Å². The number of aryl methyl sites for hydroxylation is 2. The molecule has 0 saturated heterocycles. The van der Waals surface area contributed by atoms with Gasteiger partial charge in [0.2, 0.25) is 0 Å². The lowest BCUT2D eigenvalue weighted by Crippen LogP contribution is -2.24. The van der Waals surface area contributed by atoms with Crippen molar-refractivity contribution in [2.75, 3.05) is 6.54 Å². The highest BCUT2D eigenvalue weighted by Gasteiger charge is 2.25. The molecule has 94 valence electrons. The van der Waals surface area contributed by atoms with Crippen LogP contribution in [0.4, 0.5) is 0 Å². The lowest BCUT2D eigenvalue weighted by atomic mass is 10.0. The third kappa shape index (κ3) is 1.82. The summed E-state index contributed by atoms with van der Waals surface area (Å²) in [6.45, 7) is 4.65. The van der Waals surface area contributed by atoms with Crippen LogP contribution >= 0.6 is 11.3 Å². The molecule has 18 heavy (non-hydrogen) atoms. The fraction of sp³-hybridized carbons (Fsp3) is 0.357. The van der Waals surface area contributed by atoms with Gasteiger partial charge in [-0.2, -0.15) is 0 Å². The van der Waals surface area contributed by atoms with Gasteiger partial charge in [-0.15, -0.1) is 11.3 Å². The van der Waals surface area contributed by atoms with Crippen LogP contribution in [0.25, 0.3) is 10.4 Å². The molecule has 2 heterocycles. The first-order chi connectivity index (χ1) is 8.69. The number of fused-ring (bicyclic) bond motifs is 1. The highest BCUT2D eigenvalue weighted by Crippen LogP contribution is 2.41. The molecule has 1 unspecified atom stereocenters. The van der Waals surface area contributed by atoms with Crippen molar-refractivity contribution in [3.63, 3.8) is 0 Å². The van der Waals surface area contributed by atoms with E-state index < -0.39 is 0 Å². The second-order valence-corrected chi connectivity index (χ2v) is 5.82. The summed E-state index contributed by atoms with van der Waals surface area (Å²) in [4.78, 5) is 5.70. The number of hydrogen-bond acceptors (Lipinski definition) is 4. The first-order valence-corrected chi connectivity index (χ1v) is 6.93. The summed E-state index contributed by atoms with van der Waals surface area (Å²) in [5.41, 5.74) is 9.19. The highest BCUT2D eigenvalue weighted by atomic mass is 32.1. The van der Waals surface area contributed by atoms with Crippen LogP contribution in [-0.2, 0) is 6.42 Å². The van der Waals surface area contributed by atoms with Crippen molar-refractivity contribution in [1.29, 1.82) is 0 Å². The zero-order valence-corrected chi connectivity index (χ0v) is 11.4. The van der Waals surface area contributed by atoms with Gasteiger partial charge in [-0.1, -0.05) is 12.1 Å². The molecular weight excluding hydrogens is 244 g/mol. The Labute approximate surface area is 111 Å². The van der Waals surface area contributed by atoms with Gasteiger partial charge in [0.1, 0.15) is 11.9 Å². The van der Waals surface area contributed by atoms with E-state index in [9.17, 15) is 0 Å². The zero-order chi connectivity index (χ0) is 12.7. The normalized spacial score (nSPS) is 17.6. The van der Waals surface area contributed by atoms with E-state index >= 15 is 0 Å². The van der Waals surface area contributed by atoms with Crippen LogP contribution in [0.3, 0.4) is 0 Å². The summed E-state index contributed by atoms with van der Waals surface area (Å²) in [5, 5.41) is 1.09. The number of nitrogens with two attached hydrogens (primary N) is 1. The van der Waals surface area contributed by atoms with Crippen molar-refractivity contribution in [1.82, 2.24) is 4.98 Å². The number of ether oxygens (including phenoxy) is 1. The molecule has 1 aromatic carbocycles. The smallest absolute Gasteiger partial charge is 0.131 e. The van der Waals surface area contributed by atoms with Crippen LogP contribution in [0.15, 0.2) is 18.2 Å². The van der Waals surface area contributed by atoms with Crippen molar-refractivity contribution in [3.05, 3.63) is 34.5 Å². The molecule has 3 nitrogen and oxygen atoms in total. The lowest BCUT2D eigenvalue weighted by molar-refractivity contribution is 0.242. The maximum Gasteiger partial charge on any atom is 0.131 e.